The van der Waals surface area contributed by atoms with Crippen molar-refractivity contribution in [3.8, 4) is 28.0 Å². The first-order valence-electron chi connectivity index (χ1n) is 12.1. The number of Topliss-reactive ketones (excluding diaryl/α,β-unsaturated/α-hetero) is 1. The molecule has 0 aromatic heterocycles. The summed E-state index contributed by atoms with van der Waals surface area (Å²) >= 11 is 0. The molecule has 0 spiro atoms. The second-order valence-electron chi connectivity index (χ2n) is 9.08. The van der Waals surface area contributed by atoms with Crippen molar-refractivity contribution in [2.45, 2.75) is 27.2 Å². The third-order valence-corrected chi connectivity index (χ3v) is 6.44. The minimum Gasteiger partial charge on any atom is -0.490 e. The van der Waals surface area contributed by atoms with Crippen LogP contribution in [0.5, 0.6) is 5.75 Å². The Morgan fingerprint density at radius 1 is 0.743 bits per heavy atom. The standard InChI is InChI=1S/C33H32O2/c1-24(20-21-35-33-18-12-27(13-19-33)22-25(2)26(3)34)28-14-16-30(17-15-28)32-11-7-10-31(23-32)29-8-5-4-6-9-29/h4-20,23,25H,21-22H2,1-3H3/b24-20+. The van der Waals surface area contributed by atoms with Gasteiger partial charge >= 0.3 is 0 Å². The summed E-state index contributed by atoms with van der Waals surface area (Å²) in [6.07, 6.45) is 2.87. The number of ether oxygens (including phenoxy) is 1. The summed E-state index contributed by atoms with van der Waals surface area (Å²) in [5.74, 6) is 1.10. The number of rotatable bonds is 9. The molecule has 0 fully saturated rings. The normalized spacial score (nSPS) is 12.3. The third-order valence-electron chi connectivity index (χ3n) is 6.44. The van der Waals surface area contributed by atoms with Gasteiger partial charge in [0.2, 0.25) is 0 Å². The van der Waals surface area contributed by atoms with Crippen molar-refractivity contribution in [3.63, 3.8) is 0 Å². The van der Waals surface area contributed by atoms with Crippen LogP contribution in [0.25, 0.3) is 27.8 Å². The van der Waals surface area contributed by atoms with Crippen LogP contribution in [0.3, 0.4) is 0 Å². The van der Waals surface area contributed by atoms with Gasteiger partial charge in [0, 0.05) is 5.92 Å². The van der Waals surface area contributed by atoms with Gasteiger partial charge in [0.25, 0.3) is 0 Å². The van der Waals surface area contributed by atoms with Gasteiger partial charge in [-0.05, 0) is 83.5 Å². The molecule has 0 aliphatic carbocycles. The summed E-state index contributed by atoms with van der Waals surface area (Å²) in [7, 11) is 0. The minimum absolute atomic E-state index is 0.0477. The molecule has 0 N–H and O–H groups in total. The van der Waals surface area contributed by atoms with Crippen LogP contribution in [0.4, 0.5) is 0 Å². The smallest absolute Gasteiger partial charge is 0.132 e. The molecule has 0 saturated carbocycles. The zero-order valence-electron chi connectivity index (χ0n) is 20.7. The molecule has 0 amide bonds. The van der Waals surface area contributed by atoms with E-state index in [2.05, 4.69) is 85.8 Å². The van der Waals surface area contributed by atoms with Crippen molar-refractivity contribution in [2.24, 2.45) is 5.92 Å². The topological polar surface area (TPSA) is 26.3 Å². The Bertz CT molecular complexity index is 1280. The van der Waals surface area contributed by atoms with Gasteiger partial charge in [-0.3, -0.25) is 4.79 Å². The van der Waals surface area contributed by atoms with Crippen molar-refractivity contribution in [1.82, 2.24) is 0 Å². The third kappa shape index (κ3) is 6.58. The highest BCUT2D eigenvalue weighted by atomic mass is 16.5. The van der Waals surface area contributed by atoms with Crippen LogP contribution in [0.1, 0.15) is 31.9 Å². The van der Waals surface area contributed by atoms with Gasteiger partial charge in [-0.25, -0.2) is 0 Å². The van der Waals surface area contributed by atoms with E-state index in [0.717, 1.165) is 17.7 Å². The molecular formula is C33H32O2. The molecule has 1 atom stereocenters. The summed E-state index contributed by atoms with van der Waals surface area (Å²) < 4.78 is 5.91. The SMILES string of the molecule is CC(=O)C(C)Cc1ccc(OC/C=C(\C)c2ccc(-c3cccc(-c4ccccc4)c3)cc2)cc1. The summed E-state index contributed by atoms with van der Waals surface area (Å²) in [5, 5.41) is 0. The molecule has 0 aliphatic heterocycles. The molecule has 1 unspecified atom stereocenters. The molecule has 2 heteroatoms. The quantitative estimate of drug-likeness (QED) is 0.251. The molecule has 4 aromatic carbocycles. The van der Waals surface area contributed by atoms with E-state index in [4.69, 9.17) is 4.74 Å². The lowest BCUT2D eigenvalue weighted by Crippen LogP contribution is -2.09. The Hall–Kier alpha value is -3.91. The molecule has 176 valence electrons. The zero-order valence-corrected chi connectivity index (χ0v) is 20.7. The van der Waals surface area contributed by atoms with E-state index >= 15 is 0 Å². The van der Waals surface area contributed by atoms with E-state index in [1.165, 1.54) is 33.4 Å². The lowest BCUT2D eigenvalue weighted by molar-refractivity contribution is -0.120. The Balaban J connectivity index is 1.36. The first-order chi connectivity index (χ1) is 17.0. The average Bonchev–Trinajstić information content (AvgIpc) is 2.90. The maximum Gasteiger partial charge on any atom is 0.132 e. The number of hydrogen-bond acceptors (Lipinski definition) is 2. The molecule has 4 rings (SSSR count). The monoisotopic (exact) mass is 460 g/mol. The van der Waals surface area contributed by atoms with E-state index in [-0.39, 0.29) is 11.7 Å². The fourth-order valence-corrected chi connectivity index (χ4v) is 4.03. The summed E-state index contributed by atoms with van der Waals surface area (Å²) in [5.41, 5.74) is 8.39. The van der Waals surface area contributed by atoms with E-state index in [1.54, 1.807) is 6.92 Å². The number of ketones is 1. The number of carbonyl (C=O) groups excluding carboxylic acids is 1. The summed E-state index contributed by atoms with van der Waals surface area (Å²) in [6.45, 7) is 6.24. The highest BCUT2D eigenvalue weighted by molar-refractivity contribution is 5.78. The highest BCUT2D eigenvalue weighted by Crippen LogP contribution is 2.27. The Morgan fingerprint density at radius 3 is 1.97 bits per heavy atom. The van der Waals surface area contributed by atoms with Gasteiger partial charge < -0.3 is 4.74 Å². The predicted octanol–water partition coefficient (Wildman–Crippen LogP) is 8.27. The van der Waals surface area contributed by atoms with Crippen LogP contribution >= 0.6 is 0 Å². The van der Waals surface area contributed by atoms with E-state index in [9.17, 15) is 4.79 Å². The first kappa shape index (κ1) is 24.2. The van der Waals surface area contributed by atoms with E-state index in [0.29, 0.717) is 6.61 Å². The van der Waals surface area contributed by atoms with Crippen LogP contribution in [-0.4, -0.2) is 12.4 Å². The number of benzene rings is 4. The van der Waals surface area contributed by atoms with Crippen molar-refractivity contribution in [2.75, 3.05) is 6.61 Å². The van der Waals surface area contributed by atoms with Crippen molar-refractivity contribution >= 4 is 11.4 Å². The molecule has 0 radical (unpaired) electrons. The lowest BCUT2D eigenvalue weighted by atomic mass is 9.97. The molecule has 4 aromatic rings. The highest BCUT2D eigenvalue weighted by Gasteiger charge is 2.08. The molecule has 0 bridgehead atoms. The maximum atomic E-state index is 11.5. The largest absolute Gasteiger partial charge is 0.490 e. The molecule has 35 heavy (non-hydrogen) atoms. The molecule has 2 nitrogen and oxygen atoms in total. The van der Waals surface area contributed by atoms with Gasteiger partial charge in [0.05, 0.1) is 0 Å². The second-order valence-corrected chi connectivity index (χ2v) is 9.08. The van der Waals surface area contributed by atoms with Gasteiger partial charge in [-0.1, -0.05) is 91.9 Å². The van der Waals surface area contributed by atoms with Crippen molar-refractivity contribution < 1.29 is 9.53 Å². The van der Waals surface area contributed by atoms with Crippen LogP contribution in [0, 0.1) is 5.92 Å². The van der Waals surface area contributed by atoms with Crippen LogP contribution in [-0.2, 0) is 11.2 Å². The molecule has 0 aliphatic rings. The van der Waals surface area contributed by atoms with Crippen molar-refractivity contribution in [1.29, 1.82) is 0 Å². The average molecular weight is 461 g/mol. The zero-order chi connectivity index (χ0) is 24.6. The Labute approximate surface area is 208 Å². The first-order valence-corrected chi connectivity index (χ1v) is 12.1. The predicted molar refractivity (Wildman–Crippen MR) is 146 cm³/mol. The van der Waals surface area contributed by atoms with Gasteiger partial charge in [-0.2, -0.15) is 0 Å². The van der Waals surface area contributed by atoms with Crippen LogP contribution in [0.15, 0.2) is 109 Å². The minimum atomic E-state index is 0.0477. The molecule has 0 saturated heterocycles. The number of carbonyl (C=O) groups is 1. The van der Waals surface area contributed by atoms with Gasteiger partial charge in [-0.15, -0.1) is 0 Å². The fourth-order valence-electron chi connectivity index (χ4n) is 4.03. The lowest BCUT2D eigenvalue weighted by Gasteiger charge is -2.10. The summed E-state index contributed by atoms with van der Waals surface area (Å²) in [6, 6.07) is 35.9. The van der Waals surface area contributed by atoms with Crippen LogP contribution < -0.4 is 4.74 Å². The Kier molecular flexibility index (Phi) is 7.95. The maximum absolute atomic E-state index is 11.5. The van der Waals surface area contributed by atoms with E-state index < -0.39 is 0 Å². The molecule has 0 heterocycles. The van der Waals surface area contributed by atoms with Crippen LogP contribution in [0.2, 0.25) is 0 Å². The van der Waals surface area contributed by atoms with Gasteiger partial charge in [0.1, 0.15) is 18.1 Å². The van der Waals surface area contributed by atoms with E-state index in [1.807, 2.05) is 37.3 Å². The molecular weight excluding hydrogens is 428 g/mol. The van der Waals surface area contributed by atoms with Gasteiger partial charge in [0.15, 0.2) is 0 Å². The van der Waals surface area contributed by atoms with Crippen molar-refractivity contribution in [3.05, 3.63) is 120 Å². The Morgan fingerprint density at radius 2 is 1.34 bits per heavy atom. The number of allylic oxidation sites excluding steroid dienone is 1. The fraction of sp³-hybridized carbons (Fsp3) is 0.182. The summed E-state index contributed by atoms with van der Waals surface area (Å²) in [4.78, 5) is 11.5. The second kappa shape index (κ2) is 11.5. The number of hydrogen-bond donors (Lipinski definition) is 0.